The molecular weight excluding hydrogens is 555 g/mol. The summed E-state index contributed by atoms with van der Waals surface area (Å²) in [5.41, 5.74) is 1.42. The van der Waals surface area contributed by atoms with Crippen molar-refractivity contribution in [2.45, 2.75) is 88.7 Å². The van der Waals surface area contributed by atoms with Crippen LogP contribution < -0.4 is 4.46 Å². The first-order valence-electron chi connectivity index (χ1n) is 13.3. The molecule has 1 unspecified atom stereocenters. The molecule has 4 nitrogen and oxygen atoms in total. The predicted octanol–water partition coefficient (Wildman–Crippen LogP) is 6.46. The summed E-state index contributed by atoms with van der Waals surface area (Å²) in [4.78, 5) is 12.6. The second-order valence-electron chi connectivity index (χ2n) is 11.7. The van der Waals surface area contributed by atoms with Gasteiger partial charge in [-0.1, -0.05) is 20.8 Å². The smallest absolute Gasteiger partial charge is 0.0604 e. The number of hydrogen-bond donors (Lipinski definition) is 0. The quantitative estimate of drug-likeness (QED) is 0.179. The van der Waals surface area contributed by atoms with Gasteiger partial charge in [0.05, 0.1) is 0 Å². The number of ether oxygens (including phenoxy) is 2. The normalized spacial score (nSPS) is 19.9. The Hall–Kier alpha value is -2.13. The molecule has 3 atom stereocenters. The summed E-state index contributed by atoms with van der Waals surface area (Å²) in [5.74, 6) is 6.49. The van der Waals surface area contributed by atoms with Gasteiger partial charge in [-0.2, -0.15) is 0 Å². The first-order chi connectivity index (χ1) is 17.9. The molecule has 1 saturated heterocycles. The molecule has 1 aliphatic rings. The number of hydrogen-bond acceptors (Lipinski definition) is 4. The Morgan fingerprint density at radius 3 is 2.34 bits per heavy atom. The minimum atomic E-state index is -1.82. The van der Waals surface area contributed by atoms with E-state index in [1.54, 1.807) is 0 Å². The molecule has 2 aromatic carbocycles. The third-order valence-corrected chi connectivity index (χ3v) is 14.2. The summed E-state index contributed by atoms with van der Waals surface area (Å²) in [5, 5.41) is 0.168. The first-order valence-corrected chi connectivity index (χ1v) is 18.0. The molecule has 0 aromatic heterocycles. The molecule has 38 heavy (non-hydrogen) atoms. The van der Waals surface area contributed by atoms with E-state index in [4.69, 9.17) is 13.9 Å². The zero-order chi connectivity index (χ0) is 27.8. The van der Waals surface area contributed by atoms with E-state index in [9.17, 15) is 4.79 Å². The van der Waals surface area contributed by atoms with Crippen molar-refractivity contribution in [2.24, 2.45) is 0 Å². The Morgan fingerprint density at radius 1 is 1.08 bits per heavy atom. The molecule has 6 heteroatoms. The van der Waals surface area contributed by atoms with E-state index < -0.39 is 13.9 Å². The average Bonchev–Trinajstić information content (AvgIpc) is 3.20. The van der Waals surface area contributed by atoms with Gasteiger partial charge in [-0.15, -0.1) is 0 Å². The summed E-state index contributed by atoms with van der Waals surface area (Å²) in [6.45, 7) is 16.3. The Morgan fingerprint density at radius 2 is 1.71 bits per heavy atom. The Kier molecular flexibility index (Phi) is 10.6. The molecular formula is C32H42O4SeSi. The summed E-state index contributed by atoms with van der Waals surface area (Å²) in [6, 6.07) is 20.3. The number of esters is 1. The topological polar surface area (TPSA) is 44.8 Å². The first kappa shape index (κ1) is 30.4. The van der Waals surface area contributed by atoms with Gasteiger partial charge in [0, 0.05) is 0 Å². The molecule has 1 fully saturated rings. The zero-order valence-electron chi connectivity index (χ0n) is 23.9. The van der Waals surface area contributed by atoms with E-state index in [1.165, 1.54) is 4.46 Å². The number of cyclic esters (lactones) is 1. The van der Waals surface area contributed by atoms with Crippen LogP contribution in [-0.2, 0) is 25.3 Å². The van der Waals surface area contributed by atoms with E-state index in [0.29, 0.717) is 26.1 Å². The summed E-state index contributed by atoms with van der Waals surface area (Å²) < 4.78 is 19.8. The van der Waals surface area contributed by atoms with E-state index in [0.717, 1.165) is 11.1 Å². The van der Waals surface area contributed by atoms with Gasteiger partial charge in [-0.05, 0) is 18.1 Å². The Balaban J connectivity index is 1.69. The van der Waals surface area contributed by atoms with Crippen molar-refractivity contribution >= 4 is 33.7 Å². The van der Waals surface area contributed by atoms with Crippen molar-refractivity contribution in [3.63, 3.8) is 0 Å². The van der Waals surface area contributed by atoms with Gasteiger partial charge in [0.25, 0.3) is 0 Å². The number of allylic oxidation sites excluding steroid dienone is 1. The van der Waals surface area contributed by atoms with Gasteiger partial charge < -0.3 is 0 Å². The SMILES string of the molecule is C/C(=C\C#C[C@](C)(C[C@H]1CC([Se]c2ccccc2)C(=O)O1)OCc1ccccc1)CO[Si](C)(C)C(C)(C)C. The third-order valence-electron chi connectivity index (χ3n) is 7.18. The van der Waals surface area contributed by atoms with E-state index in [-0.39, 0.29) is 36.9 Å². The van der Waals surface area contributed by atoms with E-state index in [2.05, 4.69) is 64.8 Å². The number of benzene rings is 2. The van der Waals surface area contributed by atoms with Crippen LogP contribution in [0.15, 0.2) is 72.3 Å². The maximum atomic E-state index is 12.7. The summed E-state index contributed by atoms with van der Waals surface area (Å²) >= 11 is 0.0457. The fourth-order valence-electron chi connectivity index (χ4n) is 3.77. The van der Waals surface area contributed by atoms with Gasteiger partial charge in [-0.25, -0.2) is 0 Å². The Labute approximate surface area is 236 Å². The molecule has 204 valence electrons. The van der Waals surface area contributed by atoms with Crippen molar-refractivity contribution in [1.29, 1.82) is 0 Å². The predicted molar refractivity (Wildman–Crippen MR) is 159 cm³/mol. The molecule has 0 bridgehead atoms. The van der Waals surface area contributed by atoms with E-state index in [1.807, 2.05) is 61.5 Å². The molecule has 1 aliphatic heterocycles. The van der Waals surface area contributed by atoms with Crippen LogP contribution in [0.5, 0.6) is 0 Å². The van der Waals surface area contributed by atoms with Crippen molar-refractivity contribution in [2.75, 3.05) is 6.61 Å². The summed E-state index contributed by atoms with van der Waals surface area (Å²) in [6.07, 6.45) is 2.96. The van der Waals surface area contributed by atoms with Crippen molar-refractivity contribution in [3.8, 4) is 11.8 Å². The average molecular weight is 598 g/mol. The fourth-order valence-corrected chi connectivity index (χ4v) is 7.11. The van der Waals surface area contributed by atoms with Gasteiger partial charge >= 0.3 is 199 Å². The van der Waals surface area contributed by atoms with Crippen LogP contribution in [0.4, 0.5) is 0 Å². The summed E-state index contributed by atoms with van der Waals surface area (Å²) in [7, 11) is -1.82. The van der Waals surface area contributed by atoms with Gasteiger partial charge in [-0.3, -0.25) is 0 Å². The standard InChI is InChI=1S/C32H42O4SeSi/c1-25(23-35-38(6,7)31(2,3)4)15-14-20-32(5,34-24-26-16-10-8-11-17-26)22-27-21-29(30(33)36-27)37-28-18-12-9-13-19-28/h8-13,15-19,27,29H,21-24H2,1-7H3/b25-15+/t27-,29?,32-/m1/s1. The van der Waals surface area contributed by atoms with Crippen LogP contribution in [0.25, 0.3) is 0 Å². The fraction of sp³-hybridized carbons (Fsp3) is 0.469. The van der Waals surface area contributed by atoms with Gasteiger partial charge in [0.1, 0.15) is 0 Å². The van der Waals surface area contributed by atoms with Crippen LogP contribution >= 0.6 is 0 Å². The van der Waals surface area contributed by atoms with Gasteiger partial charge in [0.2, 0.25) is 0 Å². The molecule has 1 heterocycles. The number of rotatable bonds is 10. The molecule has 0 saturated carbocycles. The van der Waals surface area contributed by atoms with Gasteiger partial charge in [0.15, 0.2) is 0 Å². The second kappa shape index (κ2) is 13.3. The molecule has 3 rings (SSSR count). The van der Waals surface area contributed by atoms with Crippen molar-refractivity contribution in [3.05, 3.63) is 77.9 Å². The number of carbonyl (C=O) groups excluding carboxylic acids is 1. The maximum absolute atomic E-state index is 12.7. The van der Waals surface area contributed by atoms with Crippen LogP contribution in [0.2, 0.25) is 22.9 Å². The van der Waals surface area contributed by atoms with Crippen LogP contribution in [-0.4, -0.2) is 47.6 Å². The van der Waals surface area contributed by atoms with Crippen LogP contribution in [0.1, 0.15) is 53.0 Å². The molecule has 0 amide bonds. The molecule has 2 aromatic rings. The molecule has 0 N–H and O–H groups in total. The van der Waals surface area contributed by atoms with Crippen molar-refractivity contribution < 1.29 is 18.7 Å². The monoisotopic (exact) mass is 598 g/mol. The minimum absolute atomic E-state index is 0.0457. The third kappa shape index (κ3) is 9.26. The Bertz CT molecular complexity index is 1140. The van der Waals surface area contributed by atoms with Crippen LogP contribution in [0, 0.1) is 11.8 Å². The van der Waals surface area contributed by atoms with Crippen molar-refractivity contribution in [1.82, 2.24) is 0 Å². The second-order valence-corrected chi connectivity index (χ2v) is 19.2. The number of carbonyl (C=O) groups is 1. The zero-order valence-corrected chi connectivity index (χ0v) is 26.6. The molecule has 0 radical (unpaired) electrons. The minimum Gasteiger partial charge on any atom is -0.0604 e. The van der Waals surface area contributed by atoms with Crippen LogP contribution in [0.3, 0.4) is 0 Å². The molecule has 0 aliphatic carbocycles. The van der Waals surface area contributed by atoms with E-state index >= 15 is 0 Å². The molecule has 0 spiro atoms.